The van der Waals surface area contributed by atoms with Crippen molar-refractivity contribution in [2.24, 2.45) is 0 Å². The minimum atomic E-state index is -0.673. The number of aromatic amines is 3. The Labute approximate surface area is 129 Å². The number of nitrogens with one attached hydrogen (secondary N) is 4. The minimum Gasteiger partial charge on any atom is -0.349 e. The van der Waals surface area contributed by atoms with E-state index in [0.717, 1.165) is 11.0 Å². The molecule has 0 aliphatic heterocycles. The Morgan fingerprint density at radius 1 is 1.17 bits per heavy atom. The lowest BCUT2D eigenvalue weighted by Crippen LogP contribution is -2.29. The summed E-state index contributed by atoms with van der Waals surface area (Å²) in [6, 6.07) is 7.57. The molecule has 0 bridgehead atoms. The highest BCUT2D eigenvalue weighted by Crippen LogP contribution is 2.09. The van der Waals surface area contributed by atoms with Gasteiger partial charge in [-0.05, 0) is 12.1 Å². The van der Waals surface area contributed by atoms with E-state index in [9.17, 15) is 14.4 Å². The number of aromatic nitrogens is 5. The highest BCUT2D eigenvalue weighted by atomic mass is 16.2. The average Bonchev–Trinajstić information content (AvgIpc) is 2.95. The maximum Gasteiger partial charge on any atom is 0.342 e. The first-order valence-corrected chi connectivity index (χ1v) is 7.00. The molecule has 0 spiro atoms. The maximum atomic E-state index is 11.8. The number of benzene rings is 1. The molecule has 0 atom stereocenters. The number of amides is 1. The molecule has 3 rings (SSSR count). The number of hydrogen-bond acceptors (Lipinski definition) is 5. The lowest BCUT2D eigenvalue weighted by Gasteiger charge is -2.02. The number of H-pyrrole nitrogens is 3. The van der Waals surface area contributed by atoms with Gasteiger partial charge in [-0.25, -0.2) is 14.9 Å². The lowest BCUT2D eigenvalue weighted by atomic mass is 10.2. The van der Waals surface area contributed by atoms with Crippen molar-refractivity contribution >= 4 is 16.9 Å². The van der Waals surface area contributed by atoms with Crippen molar-refractivity contribution in [2.45, 2.75) is 19.4 Å². The first-order valence-electron chi connectivity index (χ1n) is 7.00. The molecule has 9 heteroatoms. The molecular formula is C14H14N6O3. The molecule has 1 aromatic carbocycles. The summed E-state index contributed by atoms with van der Waals surface area (Å²) < 4.78 is 0. The number of carbonyl (C=O) groups is 1. The fourth-order valence-corrected chi connectivity index (χ4v) is 2.13. The predicted molar refractivity (Wildman–Crippen MR) is 81.7 cm³/mol. The standard InChI is InChI=1S/C14H14N6O3/c21-12(6-5-10-13(22)18-14(23)20-19-10)15-7-11-16-8-3-1-2-4-9(8)17-11/h1-4H,5-7H2,(H,15,21)(H,16,17)(H2,18,20,22,23). The van der Waals surface area contributed by atoms with Crippen LogP contribution in [0, 0.1) is 0 Å². The highest BCUT2D eigenvalue weighted by Gasteiger charge is 2.08. The molecule has 118 valence electrons. The molecule has 23 heavy (non-hydrogen) atoms. The summed E-state index contributed by atoms with van der Waals surface area (Å²) in [5.41, 5.74) is 0.594. The number of imidazole rings is 1. The van der Waals surface area contributed by atoms with E-state index < -0.39 is 11.2 Å². The second-order valence-electron chi connectivity index (χ2n) is 4.93. The molecule has 4 N–H and O–H groups in total. The number of fused-ring (bicyclic) bond motifs is 1. The number of carbonyl (C=O) groups excluding carboxylic acids is 1. The number of rotatable bonds is 5. The van der Waals surface area contributed by atoms with Gasteiger partial charge in [-0.1, -0.05) is 12.1 Å². The van der Waals surface area contributed by atoms with E-state index in [2.05, 4.69) is 30.5 Å². The van der Waals surface area contributed by atoms with Crippen LogP contribution in [-0.4, -0.2) is 31.1 Å². The second kappa shape index (κ2) is 6.26. The normalized spacial score (nSPS) is 10.8. The Morgan fingerprint density at radius 3 is 2.78 bits per heavy atom. The van der Waals surface area contributed by atoms with Crippen LogP contribution in [0.5, 0.6) is 0 Å². The van der Waals surface area contributed by atoms with Gasteiger partial charge in [-0.15, -0.1) is 0 Å². The Bertz CT molecular complexity index is 922. The molecule has 9 nitrogen and oxygen atoms in total. The van der Waals surface area contributed by atoms with Crippen molar-refractivity contribution < 1.29 is 4.79 Å². The molecule has 0 aliphatic carbocycles. The van der Waals surface area contributed by atoms with Crippen LogP contribution in [0.25, 0.3) is 11.0 Å². The van der Waals surface area contributed by atoms with Crippen LogP contribution >= 0.6 is 0 Å². The number of para-hydroxylation sites is 2. The van der Waals surface area contributed by atoms with Crippen LogP contribution in [-0.2, 0) is 17.8 Å². The summed E-state index contributed by atoms with van der Waals surface area (Å²) in [4.78, 5) is 43.6. The van der Waals surface area contributed by atoms with Crippen LogP contribution < -0.4 is 16.6 Å². The SMILES string of the molecule is O=C(CCc1n[nH]c(=O)[nH]c1=O)NCc1nc2ccccc2[nH]1. The number of aryl methyl sites for hydroxylation is 1. The van der Waals surface area contributed by atoms with Gasteiger partial charge in [-0.3, -0.25) is 14.6 Å². The Kier molecular flexibility index (Phi) is 4.00. The van der Waals surface area contributed by atoms with Gasteiger partial charge in [-0.2, -0.15) is 5.10 Å². The van der Waals surface area contributed by atoms with Crippen molar-refractivity contribution in [1.82, 2.24) is 30.5 Å². The molecule has 2 aromatic heterocycles. The van der Waals surface area contributed by atoms with Crippen LogP contribution in [0.1, 0.15) is 17.9 Å². The largest absolute Gasteiger partial charge is 0.349 e. The zero-order chi connectivity index (χ0) is 16.2. The predicted octanol–water partition coefficient (Wildman–Crippen LogP) is -0.416. The minimum absolute atomic E-state index is 0.0857. The van der Waals surface area contributed by atoms with E-state index in [-0.39, 0.29) is 31.0 Å². The molecule has 2 heterocycles. The van der Waals surface area contributed by atoms with Gasteiger partial charge in [0.25, 0.3) is 5.56 Å². The molecule has 3 aromatic rings. The monoisotopic (exact) mass is 314 g/mol. The van der Waals surface area contributed by atoms with Gasteiger partial charge < -0.3 is 10.3 Å². The van der Waals surface area contributed by atoms with Crippen LogP contribution in [0.2, 0.25) is 0 Å². The fraction of sp³-hybridized carbons (Fsp3) is 0.214. The van der Waals surface area contributed by atoms with Gasteiger partial charge in [0.2, 0.25) is 5.91 Å². The molecular weight excluding hydrogens is 300 g/mol. The van der Waals surface area contributed by atoms with Crippen LogP contribution in [0.15, 0.2) is 33.9 Å². The third kappa shape index (κ3) is 3.51. The molecule has 0 fully saturated rings. The maximum absolute atomic E-state index is 11.8. The van der Waals surface area contributed by atoms with E-state index in [1.54, 1.807) is 0 Å². The van der Waals surface area contributed by atoms with Crippen molar-refractivity contribution in [1.29, 1.82) is 0 Å². The Hall–Kier alpha value is -3.23. The second-order valence-corrected chi connectivity index (χ2v) is 4.93. The molecule has 0 unspecified atom stereocenters. The van der Waals surface area contributed by atoms with E-state index in [1.165, 1.54) is 0 Å². The summed E-state index contributed by atoms with van der Waals surface area (Å²) in [6.07, 6.45) is 0.223. The smallest absolute Gasteiger partial charge is 0.342 e. The fourth-order valence-electron chi connectivity index (χ4n) is 2.13. The van der Waals surface area contributed by atoms with Gasteiger partial charge in [0.15, 0.2) is 0 Å². The molecule has 1 amide bonds. The topological polar surface area (TPSA) is 136 Å². The van der Waals surface area contributed by atoms with E-state index in [0.29, 0.717) is 5.82 Å². The summed E-state index contributed by atoms with van der Waals surface area (Å²) in [6.45, 7) is 0.267. The molecule has 0 saturated heterocycles. The Morgan fingerprint density at radius 2 is 2.00 bits per heavy atom. The summed E-state index contributed by atoms with van der Waals surface area (Å²) in [5, 5.41) is 8.46. The van der Waals surface area contributed by atoms with Gasteiger partial charge in [0.05, 0.1) is 17.6 Å². The van der Waals surface area contributed by atoms with Crippen LogP contribution in [0.4, 0.5) is 0 Å². The van der Waals surface area contributed by atoms with E-state index in [1.807, 2.05) is 24.3 Å². The third-order valence-corrected chi connectivity index (χ3v) is 3.26. The van der Waals surface area contributed by atoms with Gasteiger partial charge >= 0.3 is 5.69 Å². The third-order valence-electron chi connectivity index (χ3n) is 3.26. The van der Waals surface area contributed by atoms with Crippen molar-refractivity contribution in [3.8, 4) is 0 Å². The molecule has 0 aliphatic rings. The van der Waals surface area contributed by atoms with Gasteiger partial charge in [0.1, 0.15) is 11.5 Å². The van der Waals surface area contributed by atoms with Crippen molar-refractivity contribution in [3.05, 3.63) is 56.6 Å². The van der Waals surface area contributed by atoms with E-state index in [4.69, 9.17) is 0 Å². The summed E-state index contributed by atoms with van der Waals surface area (Å²) >= 11 is 0. The number of hydrogen-bond donors (Lipinski definition) is 4. The zero-order valence-electron chi connectivity index (χ0n) is 12.0. The molecule has 0 radical (unpaired) electrons. The first-order chi connectivity index (χ1) is 11.1. The summed E-state index contributed by atoms with van der Waals surface area (Å²) in [7, 11) is 0. The highest BCUT2D eigenvalue weighted by molar-refractivity contribution is 5.77. The summed E-state index contributed by atoms with van der Waals surface area (Å²) in [5.74, 6) is 0.414. The van der Waals surface area contributed by atoms with E-state index >= 15 is 0 Å². The molecule has 0 saturated carbocycles. The van der Waals surface area contributed by atoms with Crippen molar-refractivity contribution in [3.63, 3.8) is 0 Å². The van der Waals surface area contributed by atoms with Gasteiger partial charge in [0, 0.05) is 12.8 Å². The lowest BCUT2D eigenvalue weighted by molar-refractivity contribution is -0.121. The average molecular weight is 314 g/mol. The Balaban J connectivity index is 1.55. The van der Waals surface area contributed by atoms with Crippen molar-refractivity contribution in [2.75, 3.05) is 0 Å². The first kappa shape index (κ1) is 14.7. The van der Waals surface area contributed by atoms with Crippen LogP contribution in [0.3, 0.4) is 0 Å². The quantitative estimate of drug-likeness (QED) is 0.507. The number of nitrogens with zero attached hydrogens (tertiary/aromatic N) is 2. The zero-order valence-corrected chi connectivity index (χ0v) is 12.0.